The van der Waals surface area contributed by atoms with Gasteiger partial charge in [-0.3, -0.25) is 0 Å². The molecule has 0 aromatic heterocycles. The smallest absolute Gasteiger partial charge is 0.337 e. The van der Waals surface area contributed by atoms with Crippen molar-refractivity contribution in [3.8, 4) is 0 Å². The third kappa shape index (κ3) is 4.46. The van der Waals surface area contributed by atoms with Crippen molar-refractivity contribution in [2.75, 3.05) is 11.9 Å². The van der Waals surface area contributed by atoms with Gasteiger partial charge in [0.05, 0.1) is 6.54 Å². The van der Waals surface area contributed by atoms with Crippen molar-refractivity contribution < 1.29 is 19.8 Å². The minimum Gasteiger partial charge on any atom is -0.479 e. The summed E-state index contributed by atoms with van der Waals surface area (Å²) in [5, 5.41) is 23.4. The lowest BCUT2D eigenvalue weighted by Gasteiger charge is -2.20. The number of urea groups is 1. The van der Waals surface area contributed by atoms with Crippen LogP contribution in [-0.4, -0.2) is 34.4 Å². The number of hydrogen-bond donors (Lipinski definition) is 4. The number of carbonyl (C=O) groups is 2. The van der Waals surface area contributed by atoms with E-state index in [0.29, 0.717) is 5.69 Å². The molecule has 0 fully saturated rings. The number of para-hydroxylation sites is 1. The zero-order chi connectivity index (χ0) is 16.2. The molecule has 0 aliphatic heterocycles. The number of amides is 2. The highest BCUT2D eigenvalue weighted by molar-refractivity contribution is 5.91. The maximum atomic E-state index is 11.9. The van der Waals surface area contributed by atoms with E-state index in [1.807, 2.05) is 39.0 Å². The van der Waals surface area contributed by atoms with Gasteiger partial charge in [-0.2, -0.15) is 0 Å². The first-order chi connectivity index (χ1) is 9.65. The molecule has 4 N–H and O–H groups in total. The summed E-state index contributed by atoms with van der Waals surface area (Å²) in [6.07, 6.45) is 0. The number of carboxylic acids is 1. The molecule has 0 saturated heterocycles. The van der Waals surface area contributed by atoms with Gasteiger partial charge in [0, 0.05) is 5.69 Å². The second-order valence-corrected chi connectivity index (χ2v) is 5.58. The number of carbonyl (C=O) groups excluding carboxylic acids is 1. The largest absolute Gasteiger partial charge is 0.479 e. The molecule has 0 bridgehead atoms. The normalized spacial score (nSPS) is 13.6. The fraction of sp³-hybridized carbons (Fsp3) is 0.467. The maximum Gasteiger partial charge on any atom is 0.337 e. The summed E-state index contributed by atoms with van der Waals surface area (Å²) in [5.41, 5.74) is 0.626. The first kappa shape index (κ1) is 17.0. The molecule has 2 amide bonds. The Hall–Kier alpha value is -2.08. The standard InChI is InChI=1S/C15H22N2O4/c1-9(2)11-7-5-6-10(3)12(11)17-14(20)16-8-15(4,21)13(18)19/h5-7,9,21H,8H2,1-4H3,(H,18,19)(H2,16,17,20). The van der Waals surface area contributed by atoms with Crippen molar-refractivity contribution in [1.29, 1.82) is 0 Å². The van der Waals surface area contributed by atoms with Crippen LogP contribution in [-0.2, 0) is 4.79 Å². The summed E-state index contributed by atoms with van der Waals surface area (Å²) in [6.45, 7) is 6.68. The van der Waals surface area contributed by atoms with E-state index in [0.717, 1.165) is 18.1 Å². The molecule has 1 aromatic rings. The van der Waals surface area contributed by atoms with E-state index in [4.69, 9.17) is 5.11 Å². The molecular formula is C15H22N2O4. The minimum atomic E-state index is -2.00. The van der Waals surface area contributed by atoms with Crippen molar-refractivity contribution in [3.63, 3.8) is 0 Å². The Labute approximate surface area is 124 Å². The number of benzene rings is 1. The summed E-state index contributed by atoms with van der Waals surface area (Å²) in [6, 6.07) is 5.19. The molecule has 0 heterocycles. The highest BCUT2D eigenvalue weighted by Gasteiger charge is 2.30. The first-order valence-corrected chi connectivity index (χ1v) is 6.75. The summed E-state index contributed by atoms with van der Waals surface area (Å²) < 4.78 is 0. The van der Waals surface area contributed by atoms with Crippen LogP contribution in [0.15, 0.2) is 18.2 Å². The van der Waals surface area contributed by atoms with Gasteiger partial charge in [-0.05, 0) is 30.9 Å². The molecule has 0 spiro atoms. The SMILES string of the molecule is Cc1cccc(C(C)C)c1NC(=O)NCC(C)(O)C(=O)O. The number of carboxylic acid groups (broad SMARTS) is 1. The minimum absolute atomic E-state index is 0.238. The highest BCUT2D eigenvalue weighted by atomic mass is 16.4. The Bertz CT molecular complexity index is 538. The summed E-state index contributed by atoms with van der Waals surface area (Å²) >= 11 is 0. The molecule has 116 valence electrons. The summed E-state index contributed by atoms with van der Waals surface area (Å²) in [5.74, 6) is -1.15. The van der Waals surface area contributed by atoms with Crippen molar-refractivity contribution in [1.82, 2.24) is 5.32 Å². The fourth-order valence-corrected chi connectivity index (χ4v) is 1.83. The topological polar surface area (TPSA) is 98.7 Å². The first-order valence-electron chi connectivity index (χ1n) is 6.75. The molecule has 21 heavy (non-hydrogen) atoms. The van der Waals surface area contributed by atoms with E-state index in [9.17, 15) is 14.7 Å². The summed E-state index contributed by atoms with van der Waals surface area (Å²) in [7, 11) is 0. The molecule has 6 heteroatoms. The van der Waals surface area contributed by atoms with E-state index in [-0.39, 0.29) is 12.5 Å². The number of aliphatic hydroxyl groups is 1. The molecule has 0 aliphatic carbocycles. The Morgan fingerprint density at radius 2 is 1.95 bits per heavy atom. The van der Waals surface area contributed by atoms with Crippen molar-refractivity contribution in [2.24, 2.45) is 0 Å². The van der Waals surface area contributed by atoms with Crippen LogP contribution in [0.3, 0.4) is 0 Å². The predicted octanol–water partition coefficient (Wildman–Crippen LogP) is 2.08. The summed E-state index contributed by atoms with van der Waals surface area (Å²) in [4.78, 5) is 22.7. The van der Waals surface area contributed by atoms with E-state index < -0.39 is 17.6 Å². The quantitative estimate of drug-likeness (QED) is 0.668. The molecule has 6 nitrogen and oxygen atoms in total. The van der Waals surface area contributed by atoms with Crippen LogP contribution >= 0.6 is 0 Å². The van der Waals surface area contributed by atoms with Gasteiger partial charge in [0.15, 0.2) is 5.60 Å². The molecule has 1 rings (SSSR count). The van der Waals surface area contributed by atoms with Gasteiger partial charge >= 0.3 is 12.0 Å². The molecule has 1 unspecified atom stereocenters. The van der Waals surface area contributed by atoms with Gasteiger partial charge in [0.25, 0.3) is 0 Å². The Balaban J connectivity index is 2.79. The zero-order valence-electron chi connectivity index (χ0n) is 12.7. The lowest BCUT2D eigenvalue weighted by molar-refractivity contribution is -0.155. The van der Waals surface area contributed by atoms with Crippen molar-refractivity contribution in [3.05, 3.63) is 29.3 Å². The average molecular weight is 294 g/mol. The average Bonchev–Trinajstić information content (AvgIpc) is 2.38. The molecule has 1 atom stereocenters. The van der Waals surface area contributed by atoms with Gasteiger partial charge in [0.1, 0.15) is 0 Å². The van der Waals surface area contributed by atoms with Gasteiger partial charge in [-0.25, -0.2) is 9.59 Å². The molecule has 0 saturated carbocycles. The molecule has 1 aromatic carbocycles. The monoisotopic (exact) mass is 294 g/mol. The lowest BCUT2D eigenvalue weighted by Crippen LogP contribution is -2.47. The van der Waals surface area contributed by atoms with E-state index in [1.54, 1.807) is 0 Å². The number of nitrogens with one attached hydrogen (secondary N) is 2. The number of hydrogen-bond acceptors (Lipinski definition) is 3. The number of aliphatic carboxylic acids is 1. The van der Waals surface area contributed by atoms with Crippen LogP contribution in [0.25, 0.3) is 0 Å². The van der Waals surface area contributed by atoms with Crippen LogP contribution < -0.4 is 10.6 Å². The Morgan fingerprint density at radius 1 is 1.33 bits per heavy atom. The lowest BCUT2D eigenvalue weighted by atomic mass is 9.98. The van der Waals surface area contributed by atoms with Crippen LogP contribution in [0.5, 0.6) is 0 Å². The maximum absolute atomic E-state index is 11.9. The number of aryl methyl sites for hydroxylation is 1. The van der Waals surface area contributed by atoms with Crippen LogP contribution in [0.1, 0.15) is 37.8 Å². The van der Waals surface area contributed by atoms with Gasteiger partial charge in [-0.15, -0.1) is 0 Å². The number of anilines is 1. The van der Waals surface area contributed by atoms with E-state index in [2.05, 4.69) is 10.6 Å². The van der Waals surface area contributed by atoms with Crippen LogP contribution in [0.2, 0.25) is 0 Å². The Morgan fingerprint density at radius 3 is 2.48 bits per heavy atom. The van der Waals surface area contributed by atoms with Crippen molar-refractivity contribution >= 4 is 17.7 Å². The van der Waals surface area contributed by atoms with E-state index >= 15 is 0 Å². The van der Waals surface area contributed by atoms with E-state index in [1.165, 1.54) is 0 Å². The van der Waals surface area contributed by atoms with Crippen LogP contribution in [0, 0.1) is 6.92 Å². The van der Waals surface area contributed by atoms with Crippen molar-refractivity contribution in [2.45, 2.75) is 39.2 Å². The Kier molecular flexibility index (Phi) is 5.32. The molecule has 0 radical (unpaired) electrons. The van der Waals surface area contributed by atoms with Gasteiger partial charge in [-0.1, -0.05) is 32.0 Å². The predicted molar refractivity (Wildman–Crippen MR) is 80.5 cm³/mol. The highest BCUT2D eigenvalue weighted by Crippen LogP contribution is 2.27. The second kappa shape index (κ2) is 6.58. The number of rotatable bonds is 5. The third-order valence-electron chi connectivity index (χ3n) is 3.22. The molecular weight excluding hydrogens is 272 g/mol. The fourth-order valence-electron chi connectivity index (χ4n) is 1.83. The third-order valence-corrected chi connectivity index (χ3v) is 3.22. The molecule has 0 aliphatic rings. The second-order valence-electron chi connectivity index (χ2n) is 5.58. The van der Waals surface area contributed by atoms with Crippen LogP contribution in [0.4, 0.5) is 10.5 Å². The zero-order valence-corrected chi connectivity index (χ0v) is 12.7. The van der Waals surface area contributed by atoms with Gasteiger partial charge < -0.3 is 20.8 Å². The van der Waals surface area contributed by atoms with Gasteiger partial charge in [0.2, 0.25) is 0 Å².